The summed E-state index contributed by atoms with van der Waals surface area (Å²) >= 11 is 1.59. The summed E-state index contributed by atoms with van der Waals surface area (Å²) in [5, 5.41) is 13.7. The van der Waals surface area contributed by atoms with E-state index >= 15 is 0 Å². The molecule has 108 valence electrons. The molecule has 0 radical (unpaired) electrons. The number of furan rings is 1. The van der Waals surface area contributed by atoms with E-state index in [0.717, 1.165) is 16.0 Å². The van der Waals surface area contributed by atoms with Gasteiger partial charge in [0.1, 0.15) is 0 Å². The van der Waals surface area contributed by atoms with E-state index in [1.807, 2.05) is 23.6 Å². The Morgan fingerprint density at radius 2 is 2.05 bits per heavy atom. The Hall–Kier alpha value is -2.84. The molecular weight excluding hydrogens is 296 g/mol. The molecule has 3 aromatic rings. The molecule has 0 aliphatic rings. The van der Waals surface area contributed by atoms with Crippen molar-refractivity contribution in [1.82, 2.24) is 5.32 Å². The highest BCUT2D eigenvalue weighted by atomic mass is 32.1. The van der Waals surface area contributed by atoms with Crippen molar-refractivity contribution in [2.45, 2.75) is 6.54 Å². The smallest absolute Gasteiger partial charge is 0.251 e. The summed E-state index contributed by atoms with van der Waals surface area (Å²) in [6, 6.07) is 12.5. The first-order valence-corrected chi connectivity index (χ1v) is 7.52. The number of benzene rings is 1. The van der Waals surface area contributed by atoms with E-state index in [9.17, 15) is 4.79 Å². The van der Waals surface area contributed by atoms with Crippen molar-refractivity contribution in [3.8, 4) is 17.2 Å². The third-order valence-corrected chi connectivity index (χ3v) is 4.14. The number of thiophene rings is 1. The number of nitrogens with zero attached hydrogens (tertiary/aromatic N) is 1. The highest BCUT2D eigenvalue weighted by Crippen LogP contribution is 2.25. The molecule has 0 aliphatic carbocycles. The Labute approximate surface area is 131 Å². The number of nitriles is 1. The van der Waals surface area contributed by atoms with Crippen LogP contribution in [0.3, 0.4) is 0 Å². The SMILES string of the molecule is N#Cc1ccc(C(=O)NCc2cc(-c3ccoc3)cs2)cc1. The second-order valence-corrected chi connectivity index (χ2v) is 5.68. The predicted octanol–water partition coefficient (Wildman–Crippen LogP) is 3.81. The zero-order valence-electron chi connectivity index (χ0n) is 11.6. The Bertz CT molecular complexity index is 811. The number of hydrogen-bond donors (Lipinski definition) is 1. The minimum atomic E-state index is -0.150. The minimum absolute atomic E-state index is 0.150. The van der Waals surface area contributed by atoms with E-state index in [-0.39, 0.29) is 5.91 Å². The minimum Gasteiger partial charge on any atom is -0.472 e. The Morgan fingerprint density at radius 1 is 1.23 bits per heavy atom. The van der Waals surface area contributed by atoms with Crippen LogP contribution in [0.1, 0.15) is 20.8 Å². The van der Waals surface area contributed by atoms with Crippen molar-refractivity contribution in [1.29, 1.82) is 5.26 Å². The van der Waals surface area contributed by atoms with Crippen LogP contribution in [-0.2, 0) is 6.54 Å². The van der Waals surface area contributed by atoms with Crippen LogP contribution in [0, 0.1) is 11.3 Å². The fourth-order valence-electron chi connectivity index (χ4n) is 2.02. The van der Waals surface area contributed by atoms with Crippen LogP contribution in [0.25, 0.3) is 11.1 Å². The summed E-state index contributed by atoms with van der Waals surface area (Å²) < 4.78 is 5.07. The van der Waals surface area contributed by atoms with Crippen LogP contribution < -0.4 is 5.32 Å². The standard InChI is InChI=1S/C17H12N2O2S/c18-8-12-1-3-13(4-2-12)17(20)19-9-16-7-15(11-22-16)14-5-6-21-10-14/h1-7,10-11H,9H2,(H,19,20). The Morgan fingerprint density at radius 3 is 2.73 bits per heavy atom. The van der Waals surface area contributed by atoms with Gasteiger partial charge in [-0.15, -0.1) is 11.3 Å². The molecule has 0 saturated carbocycles. The van der Waals surface area contributed by atoms with Crippen LogP contribution in [0.15, 0.2) is 58.7 Å². The van der Waals surface area contributed by atoms with Gasteiger partial charge in [0, 0.05) is 16.0 Å². The lowest BCUT2D eigenvalue weighted by Crippen LogP contribution is -2.22. The normalized spacial score (nSPS) is 10.1. The van der Waals surface area contributed by atoms with E-state index < -0.39 is 0 Å². The maximum atomic E-state index is 12.0. The predicted molar refractivity (Wildman–Crippen MR) is 84.3 cm³/mol. The number of nitrogens with one attached hydrogen (secondary N) is 1. The molecular formula is C17H12N2O2S. The molecule has 5 heteroatoms. The Kier molecular flexibility index (Phi) is 4.03. The molecule has 0 spiro atoms. The molecule has 1 aromatic carbocycles. The third kappa shape index (κ3) is 3.08. The summed E-state index contributed by atoms with van der Waals surface area (Å²) in [6.07, 6.45) is 3.33. The highest BCUT2D eigenvalue weighted by Gasteiger charge is 2.07. The molecule has 0 saturated heterocycles. The highest BCUT2D eigenvalue weighted by molar-refractivity contribution is 7.10. The second kappa shape index (κ2) is 6.29. The van der Waals surface area contributed by atoms with Crippen LogP contribution in [0.2, 0.25) is 0 Å². The molecule has 0 aliphatic heterocycles. The van der Waals surface area contributed by atoms with E-state index in [2.05, 4.69) is 5.32 Å². The summed E-state index contributed by atoms with van der Waals surface area (Å²) in [4.78, 5) is 13.1. The van der Waals surface area contributed by atoms with Gasteiger partial charge < -0.3 is 9.73 Å². The van der Waals surface area contributed by atoms with Gasteiger partial charge in [-0.1, -0.05) is 0 Å². The number of rotatable bonds is 4. The van der Waals surface area contributed by atoms with Gasteiger partial charge in [0.2, 0.25) is 0 Å². The van der Waals surface area contributed by atoms with Gasteiger partial charge in [0.15, 0.2) is 0 Å². The van der Waals surface area contributed by atoms with Crippen LogP contribution in [0.5, 0.6) is 0 Å². The molecule has 3 rings (SSSR count). The van der Waals surface area contributed by atoms with Crippen molar-refractivity contribution in [3.63, 3.8) is 0 Å². The average Bonchev–Trinajstić information content (AvgIpc) is 3.23. The molecule has 0 atom stereocenters. The monoisotopic (exact) mass is 308 g/mol. The zero-order valence-corrected chi connectivity index (χ0v) is 12.4. The van der Waals surface area contributed by atoms with Crippen molar-refractivity contribution in [3.05, 3.63) is 70.3 Å². The number of carbonyl (C=O) groups excluding carboxylic acids is 1. The molecule has 2 aromatic heterocycles. The van der Waals surface area contributed by atoms with Crippen LogP contribution in [-0.4, -0.2) is 5.91 Å². The Balaban J connectivity index is 1.62. The first-order chi connectivity index (χ1) is 10.8. The van der Waals surface area contributed by atoms with Crippen LogP contribution in [0.4, 0.5) is 0 Å². The zero-order chi connectivity index (χ0) is 15.4. The number of amides is 1. The fourth-order valence-corrected chi connectivity index (χ4v) is 2.85. The van der Waals surface area contributed by atoms with Crippen LogP contribution >= 0.6 is 11.3 Å². The molecule has 2 heterocycles. The second-order valence-electron chi connectivity index (χ2n) is 4.69. The van der Waals surface area contributed by atoms with Crippen molar-refractivity contribution < 1.29 is 9.21 Å². The van der Waals surface area contributed by atoms with E-state index in [1.54, 1.807) is 48.1 Å². The van der Waals surface area contributed by atoms with Gasteiger partial charge in [0.25, 0.3) is 5.91 Å². The van der Waals surface area contributed by atoms with Gasteiger partial charge in [-0.3, -0.25) is 4.79 Å². The van der Waals surface area contributed by atoms with Gasteiger partial charge in [-0.2, -0.15) is 5.26 Å². The van der Waals surface area contributed by atoms with Crippen molar-refractivity contribution in [2.24, 2.45) is 0 Å². The lowest BCUT2D eigenvalue weighted by atomic mass is 10.1. The van der Waals surface area contributed by atoms with Gasteiger partial charge in [-0.05, 0) is 47.3 Å². The molecule has 0 unspecified atom stereocenters. The van der Waals surface area contributed by atoms with Crippen molar-refractivity contribution in [2.75, 3.05) is 0 Å². The van der Waals surface area contributed by atoms with Gasteiger partial charge >= 0.3 is 0 Å². The number of hydrogen-bond acceptors (Lipinski definition) is 4. The third-order valence-electron chi connectivity index (χ3n) is 3.21. The number of carbonyl (C=O) groups is 1. The van der Waals surface area contributed by atoms with Gasteiger partial charge in [0.05, 0.1) is 30.7 Å². The topological polar surface area (TPSA) is 66.0 Å². The maximum absolute atomic E-state index is 12.0. The maximum Gasteiger partial charge on any atom is 0.251 e. The quantitative estimate of drug-likeness (QED) is 0.797. The molecule has 0 bridgehead atoms. The van der Waals surface area contributed by atoms with Crippen molar-refractivity contribution >= 4 is 17.2 Å². The molecule has 0 fully saturated rings. The molecule has 4 nitrogen and oxygen atoms in total. The van der Waals surface area contributed by atoms with E-state index in [1.165, 1.54) is 0 Å². The lowest BCUT2D eigenvalue weighted by molar-refractivity contribution is 0.0951. The largest absolute Gasteiger partial charge is 0.472 e. The summed E-state index contributed by atoms with van der Waals surface area (Å²) in [6.45, 7) is 0.474. The summed E-state index contributed by atoms with van der Waals surface area (Å²) in [5.41, 5.74) is 3.20. The molecule has 22 heavy (non-hydrogen) atoms. The molecule has 1 amide bonds. The first kappa shape index (κ1) is 14.1. The summed E-state index contributed by atoms with van der Waals surface area (Å²) in [7, 11) is 0. The van der Waals surface area contributed by atoms with E-state index in [4.69, 9.17) is 9.68 Å². The molecule has 1 N–H and O–H groups in total. The average molecular weight is 308 g/mol. The fraction of sp³-hybridized carbons (Fsp3) is 0.0588. The van der Waals surface area contributed by atoms with E-state index in [0.29, 0.717) is 17.7 Å². The first-order valence-electron chi connectivity index (χ1n) is 6.64. The van der Waals surface area contributed by atoms with Gasteiger partial charge in [-0.25, -0.2) is 0 Å². The lowest BCUT2D eigenvalue weighted by Gasteiger charge is -2.03. The summed E-state index contributed by atoms with van der Waals surface area (Å²) in [5.74, 6) is -0.150.